The van der Waals surface area contributed by atoms with Crippen LogP contribution < -0.4 is 0 Å². The minimum Gasteiger partial charge on any atom is -0.334 e. The SMILES string of the molecule is CCCc1cc(C(=O)N2CCC[C@H]2C[C@H]2C[C@H]3CC[C@H]2C3)n[nH]1. The van der Waals surface area contributed by atoms with E-state index in [0.29, 0.717) is 11.7 Å². The van der Waals surface area contributed by atoms with Gasteiger partial charge in [-0.3, -0.25) is 9.89 Å². The topological polar surface area (TPSA) is 49.0 Å². The number of amides is 1. The molecule has 1 amide bonds. The summed E-state index contributed by atoms with van der Waals surface area (Å²) in [5.41, 5.74) is 1.70. The first-order valence-electron chi connectivity index (χ1n) is 9.59. The number of hydrogen-bond donors (Lipinski definition) is 1. The number of carbonyl (C=O) groups excluding carboxylic acids is 1. The van der Waals surface area contributed by atoms with Crippen LogP contribution in [0.25, 0.3) is 0 Å². The summed E-state index contributed by atoms with van der Waals surface area (Å²) in [4.78, 5) is 15.0. The molecular weight excluding hydrogens is 286 g/mol. The van der Waals surface area contributed by atoms with Crippen molar-refractivity contribution >= 4 is 5.91 Å². The Balaban J connectivity index is 1.41. The van der Waals surface area contributed by atoms with Crippen molar-refractivity contribution in [1.29, 1.82) is 0 Å². The zero-order chi connectivity index (χ0) is 15.8. The van der Waals surface area contributed by atoms with E-state index in [2.05, 4.69) is 22.0 Å². The van der Waals surface area contributed by atoms with Crippen molar-refractivity contribution in [3.63, 3.8) is 0 Å². The van der Waals surface area contributed by atoms with Gasteiger partial charge >= 0.3 is 0 Å². The highest BCUT2D eigenvalue weighted by atomic mass is 16.2. The average Bonchev–Trinajstić information content (AvgIpc) is 3.31. The van der Waals surface area contributed by atoms with Gasteiger partial charge in [-0.25, -0.2) is 0 Å². The molecule has 1 aliphatic heterocycles. The number of hydrogen-bond acceptors (Lipinski definition) is 2. The summed E-state index contributed by atoms with van der Waals surface area (Å²) in [7, 11) is 0. The molecule has 3 fully saturated rings. The van der Waals surface area contributed by atoms with Gasteiger partial charge in [-0.1, -0.05) is 19.8 Å². The lowest BCUT2D eigenvalue weighted by molar-refractivity contribution is 0.0701. The quantitative estimate of drug-likeness (QED) is 0.898. The van der Waals surface area contributed by atoms with Gasteiger partial charge < -0.3 is 4.90 Å². The van der Waals surface area contributed by atoms with E-state index in [1.165, 1.54) is 38.5 Å². The third-order valence-corrected chi connectivity index (χ3v) is 6.47. The molecule has 0 aromatic carbocycles. The number of aromatic amines is 1. The monoisotopic (exact) mass is 315 g/mol. The summed E-state index contributed by atoms with van der Waals surface area (Å²) >= 11 is 0. The number of likely N-dealkylation sites (tertiary alicyclic amines) is 1. The molecule has 4 atom stereocenters. The van der Waals surface area contributed by atoms with Gasteiger partial charge in [-0.15, -0.1) is 0 Å². The van der Waals surface area contributed by atoms with E-state index in [4.69, 9.17) is 0 Å². The molecule has 1 N–H and O–H groups in total. The Morgan fingerprint density at radius 1 is 1.35 bits per heavy atom. The summed E-state index contributed by atoms with van der Waals surface area (Å²) in [6.07, 6.45) is 11.4. The Bertz CT molecular complexity index is 567. The van der Waals surface area contributed by atoms with Crippen LogP contribution in [0.2, 0.25) is 0 Å². The molecule has 2 heterocycles. The molecule has 4 heteroatoms. The highest BCUT2D eigenvalue weighted by Gasteiger charge is 2.42. The van der Waals surface area contributed by atoms with Crippen LogP contribution in [0.3, 0.4) is 0 Å². The van der Waals surface area contributed by atoms with E-state index >= 15 is 0 Å². The molecule has 126 valence electrons. The zero-order valence-electron chi connectivity index (χ0n) is 14.3. The van der Waals surface area contributed by atoms with E-state index in [9.17, 15) is 4.79 Å². The summed E-state index contributed by atoms with van der Waals surface area (Å²) in [5.74, 6) is 2.98. The Morgan fingerprint density at radius 3 is 3.00 bits per heavy atom. The van der Waals surface area contributed by atoms with Gasteiger partial charge in [-0.2, -0.15) is 5.10 Å². The van der Waals surface area contributed by atoms with Gasteiger partial charge in [0.2, 0.25) is 0 Å². The van der Waals surface area contributed by atoms with Crippen LogP contribution >= 0.6 is 0 Å². The molecule has 0 spiro atoms. The molecular formula is C19H29N3O. The van der Waals surface area contributed by atoms with Crippen LogP contribution in [0.15, 0.2) is 6.07 Å². The summed E-state index contributed by atoms with van der Waals surface area (Å²) in [6.45, 7) is 3.06. The van der Waals surface area contributed by atoms with Crippen molar-refractivity contribution < 1.29 is 4.79 Å². The molecule has 1 aromatic rings. The van der Waals surface area contributed by atoms with Crippen LogP contribution in [0.5, 0.6) is 0 Å². The number of H-pyrrole nitrogens is 1. The van der Waals surface area contributed by atoms with Gasteiger partial charge in [0.15, 0.2) is 0 Å². The highest BCUT2D eigenvalue weighted by molar-refractivity contribution is 5.92. The maximum absolute atomic E-state index is 12.9. The lowest BCUT2D eigenvalue weighted by atomic mass is 9.83. The Hall–Kier alpha value is -1.32. The first-order chi connectivity index (χ1) is 11.2. The van der Waals surface area contributed by atoms with E-state index in [1.807, 2.05) is 6.07 Å². The van der Waals surface area contributed by atoms with Gasteiger partial charge in [0.25, 0.3) is 5.91 Å². The van der Waals surface area contributed by atoms with Crippen molar-refractivity contribution in [3.05, 3.63) is 17.5 Å². The van der Waals surface area contributed by atoms with Crippen LogP contribution in [0.4, 0.5) is 0 Å². The Kier molecular flexibility index (Phi) is 4.16. The number of carbonyl (C=O) groups is 1. The van der Waals surface area contributed by atoms with Crippen LogP contribution in [-0.4, -0.2) is 33.6 Å². The van der Waals surface area contributed by atoms with Crippen molar-refractivity contribution in [3.8, 4) is 0 Å². The predicted molar refractivity (Wildman–Crippen MR) is 90.2 cm³/mol. The van der Waals surface area contributed by atoms with Crippen LogP contribution in [-0.2, 0) is 6.42 Å². The average molecular weight is 315 g/mol. The maximum atomic E-state index is 12.9. The zero-order valence-corrected chi connectivity index (χ0v) is 14.3. The first-order valence-corrected chi connectivity index (χ1v) is 9.59. The summed E-state index contributed by atoms with van der Waals surface area (Å²) < 4.78 is 0. The lowest BCUT2D eigenvalue weighted by Gasteiger charge is -2.30. The standard InChI is InChI=1S/C19H29N3O/c1-2-4-16-12-18(21-20-16)19(23)22-8-3-5-17(22)11-15-10-13-6-7-14(15)9-13/h12-15,17H,2-11H2,1H3,(H,20,21)/t13-,14-,15+,17-/m0/s1. The van der Waals surface area contributed by atoms with E-state index in [1.54, 1.807) is 0 Å². The van der Waals surface area contributed by atoms with Crippen LogP contribution in [0.1, 0.15) is 74.5 Å². The molecule has 23 heavy (non-hydrogen) atoms. The van der Waals surface area contributed by atoms with Crippen molar-refractivity contribution in [2.75, 3.05) is 6.54 Å². The Labute approximate surface area is 139 Å². The smallest absolute Gasteiger partial charge is 0.274 e. The second kappa shape index (κ2) is 6.29. The molecule has 2 saturated carbocycles. The molecule has 2 bridgehead atoms. The molecule has 1 saturated heterocycles. The minimum absolute atomic E-state index is 0.147. The van der Waals surface area contributed by atoms with E-state index in [-0.39, 0.29) is 5.91 Å². The molecule has 0 unspecified atom stereocenters. The maximum Gasteiger partial charge on any atom is 0.274 e. The largest absolute Gasteiger partial charge is 0.334 e. The summed E-state index contributed by atoms with van der Waals surface area (Å²) in [5, 5.41) is 7.29. The second-order valence-corrected chi connectivity index (χ2v) is 7.99. The van der Waals surface area contributed by atoms with E-state index in [0.717, 1.165) is 49.3 Å². The lowest BCUT2D eigenvalue weighted by Crippen LogP contribution is -2.37. The Morgan fingerprint density at radius 2 is 2.26 bits per heavy atom. The van der Waals surface area contributed by atoms with Gasteiger partial charge in [-0.05, 0) is 68.8 Å². The first kappa shape index (κ1) is 15.2. The molecule has 2 aliphatic carbocycles. The minimum atomic E-state index is 0.147. The number of aryl methyl sites for hydroxylation is 1. The second-order valence-electron chi connectivity index (χ2n) is 7.99. The fourth-order valence-electron chi connectivity index (χ4n) is 5.38. The highest BCUT2D eigenvalue weighted by Crippen LogP contribution is 2.50. The van der Waals surface area contributed by atoms with Crippen LogP contribution in [0, 0.1) is 17.8 Å². The summed E-state index contributed by atoms with van der Waals surface area (Å²) in [6, 6.07) is 2.41. The third-order valence-electron chi connectivity index (χ3n) is 6.47. The molecule has 4 rings (SSSR count). The van der Waals surface area contributed by atoms with Gasteiger partial charge in [0.05, 0.1) is 0 Å². The number of aromatic nitrogens is 2. The van der Waals surface area contributed by atoms with E-state index < -0.39 is 0 Å². The third kappa shape index (κ3) is 2.92. The molecule has 1 aromatic heterocycles. The number of nitrogens with one attached hydrogen (secondary N) is 1. The van der Waals surface area contributed by atoms with Gasteiger partial charge in [0.1, 0.15) is 5.69 Å². The van der Waals surface area contributed by atoms with Crippen molar-refractivity contribution in [1.82, 2.24) is 15.1 Å². The number of rotatable bonds is 5. The fourth-order valence-corrected chi connectivity index (χ4v) is 5.38. The molecule has 0 radical (unpaired) electrons. The predicted octanol–water partition coefficient (Wildman–Crippen LogP) is 3.79. The van der Waals surface area contributed by atoms with Crippen molar-refractivity contribution in [2.45, 2.75) is 70.8 Å². The number of fused-ring (bicyclic) bond motifs is 2. The van der Waals surface area contributed by atoms with Gasteiger partial charge in [0, 0.05) is 18.3 Å². The molecule has 4 nitrogen and oxygen atoms in total. The normalized spacial score (nSPS) is 32.8. The molecule has 3 aliphatic rings. The van der Waals surface area contributed by atoms with Crippen molar-refractivity contribution in [2.24, 2.45) is 17.8 Å². The fraction of sp³-hybridized carbons (Fsp3) is 0.789. The number of nitrogens with zero attached hydrogens (tertiary/aromatic N) is 2.